The van der Waals surface area contributed by atoms with Crippen molar-refractivity contribution in [2.45, 2.75) is 6.92 Å². The molecule has 3 aromatic rings. The highest BCUT2D eigenvalue weighted by Gasteiger charge is 2.10. The summed E-state index contributed by atoms with van der Waals surface area (Å²) in [6.45, 7) is 5.40. The summed E-state index contributed by atoms with van der Waals surface area (Å²) in [6.07, 6.45) is 1.25. The Morgan fingerprint density at radius 1 is 1.24 bits per heavy atom. The molecule has 0 saturated carbocycles. The smallest absolute Gasteiger partial charge is 0.247 e. The van der Waals surface area contributed by atoms with Crippen molar-refractivity contribution in [3.8, 4) is 11.4 Å². The molecule has 4 nitrogen and oxygen atoms in total. The summed E-state index contributed by atoms with van der Waals surface area (Å²) < 4.78 is 0. The van der Waals surface area contributed by atoms with Crippen LogP contribution in [0.3, 0.4) is 0 Å². The lowest BCUT2D eigenvalue weighted by Crippen LogP contribution is -2.08. The Kier molecular flexibility index (Phi) is 3.28. The molecule has 3 rings (SSSR count). The Hall–Kier alpha value is -2.88. The second-order valence-corrected chi connectivity index (χ2v) is 4.78. The predicted molar refractivity (Wildman–Crippen MR) is 85.1 cm³/mol. The highest BCUT2D eigenvalue weighted by molar-refractivity contribution is 6.01. The topological polar surface area (TPSA) is 57.8 Å². The molecule has 0 aliphatic rings. The van der Waals surface area contributed by atoms with Crippen molar-refractivity contribution >= 4 is 22.6 Å². The van der Waals surface area contributed by atoms with Gasteiger partial charge in [0.05, 0.1) is 11.0 Å². The lowest BCUT2D eigenvalue weighted by atomic mass is 10.1. The average molecular weight is 277 g/mol. The summed E-state index contributed by atoms with van der Waals surface area (Å²) >= 11 is 0. The number of aryl methyl sites for hydroxylation is 1. The first-order valence-corrected chi connectivity index (χ1v) is 6.67. The zero-order valence-electron chi connectivity index (χ0n) is 11.7. The minimum absolute atomic E-state index is 0.226. The predicted octanol–water partition coefficient (Wildman–Crippen LogP) is 3.66. The van der Waals surface area contributed by atoms with Gasteiger partial charge < -0.3 is 10.3 Å². The molecule has 0 fully saturated rings. The maximum absolute atomic E-state index is 11.4. The largest absolute Gasteiger partial charge is 0.338 e. The SMILES string of the molecule is C=CC(=O)Nc1ccc2[nH]c(-c3ccccc3)nc2c1C. The van der Waals surface area contributed by atoms with Crippen LogP contribution in [0.25, 0.3) is 22.4 Å². The molecular weight excluding hydrogens is 262 g/mol. The van der Waals surface area contributed by atoms with Crippen LogP contribution in [0.15, 0.2) is 55.1 Å². The third-order valence-electron chi connectivity index (χ3n) is 3.40. The summed E-state index contributed by atoms with van der Waals surface area (Å²) in [7, 11) is 0. The molecule has 0 saturated heterocycles. The van der Waals surface area contributed by atoms with E-state index in [-0.39, 0.29) is 5.91 Å². The fourth-order valence-electron chi connectivity index (χ4n) is 2.26. The Balaban J connectivity index is 2.08. The number of carbonyl (C=O) groups excluding carboxylic acids is 1. The third-order valence-corrected chi connectivity index (χ3v) is 3.40. The van der Waals surface area contributed by atoms with Crippen LogP contribution < -0.4 is 5.32 Å². The molecule has 0 radical (unpaired) electrons. The maximum Gasteiger partial charge on any atom is 0.247 e. The second kappa shape index (κ2) is 5.25. The fourth-order valence-corrected chi connectivity index (χ4v) is 2.26. The second-order valence-electron chi connectivity index (χ2n) is 4.78. The van der Waals surface area contributed by atoms with Crippen LogP contribution in [0.1, 0.15) is 5.56 Å². The van der Waals surface area contributed by atoms with Crippen molar-refractivity contribution < 1.29 is 4.79 Å². The maximum atomic E-state index is 11.4. The zero-order valence-corrected chi connectivity index (χ0v) is 11.7. The van der Waals surface area contributed by atoms with E-state index >= 15 is 0 Å². The van der Waals surface area contributed by atoms with Gasteiger partial charge in [-0.25, -0.2) is 4.98 Å². The fraction of sp³-hybridized carbons (Fsp3) is 0.0588. The Labute approximate surface area is 122 Å². The first kappa shape index (κ1) is 13.1. The number of H-pyrrole nitrogens is 1. The molecule has 4 heteroatoms. The number of anilines is 1. The number of aromatic nitrogens is 2. The number of hydrogen-bond acceptors (Lipinski definition) is 2. The van der Waals surface area contributed by atoms with E-state index in [1.807, 2.05) is 49.4 Å². The van der Waals surface area contributed by atoms with Crippen LogP contribution >= 0.6 is 0 Å². The summed E-state index contributed by atoms with van der Waals surface area (Å²) in [4.78, 5) is 19.4. The van der Waals surface area contributed by atoms with Crippen molar-refractivity contribution in [1.82, 2.24) is 9.97 Å². The van der Waals surface area contributed by atoms with Gasteiger partial charge >= 0.3 is 0 Å². The number of nitrogens with zero attached hydrogens (tertiary/aromatic N) is 1. The van der Waals surface area contributed by atoms with Crippen LogP contribution in [-0.4, -0.2) is 15.9 Å². The number of nitrogens with one attached hydrogen (secondary N) is 2. The third kappa shape index (κ3) is 2.43. The van der Waals surface area contributed by atoms with Crippen molar-refractivity contribution in [3.05, 3.63) is 60.7 Å². The Bertz CT molecular complexity index is 819. The van der Waals surface area contributed by atoms with Crippen molar-refractivity contribution in [2.24, 2.45) is 0 Å². The van der Waals surface area contributed by atoms with E-state index in [9.17, 15) is 4.79 Å². The molecule has 21 heavy (non-hydrogen) atoms. The number of benzene rings is 2. The molecule has 2 aromatic carbocycles. The van der Waals surface area contributed by atoms with Crippen molar-refractivity contribution in [1.29, 1.82) is 0 Å². The van der Waals surface area contributed by atoms with Gasteiger partial charge in [-0.1, -0.05) is 36.9 Å². The molecule has 2 N–H and O–H groups in total. The first-order chi connectivity index (χ1) is 10.2. The number of fused-ring (bicyclic) bond motifs is 1. The standard InChI is InChI=1S/C17H15N3O/c1-3-15(21)18-13-9-10-14-16(11(13)2)20-17(19-14)12-7-5-4-6-8-12/h3-10H,1H2,2H3,(H,18,21)(H,19,20). The summed E-state index contributed by atoms with van der Waals surface area (Å²) in [5, 5.41) is 2.79. The molecule has 0 unspecified atom stereocenters. The Morgan fingerprint density at radius 2 is 2.00 bits per heavy atom. The number of imidazole rings is 1. The van der Waals surface area contributed by atoms with Gasteiger partial charge in [-0.15, -0.1) is 0 Å². The van der Waals surface area contributed by atoms with E-state index in [2.05, 4.69) is 21.9 Å². The van der Waals surface area contributed by atoms with Crippen LogP contribution in [0.4, 0.5) is 5.69 Å². The molecule has 0 aliphatic carbocycles. The average Bonchev–Trinajstić information content (AvgIpc) is 2.96. The number of rotatable bonds is 3. The molecule has 1 amide bonds. The van der Waals surface area contributed by atoms with E-state index in [0.29, 0.717) is 0 Å². The first-order valence-electron chi connectivity index (χ1n) is 6.67. The van der Waals surface area contributed by atoms with Gasteiger partial charge in [0.15, 0.2) is 0 Å². The zero-order chi connectivity index (χ0) is 14.8. The van der Waals surface area contributed by atoms with E-state index in [4.69, 9.17) is 0 Å². The van der Waals surface area contributed by atoms with Crippen LogP contribution in [0, 0.1) is 6.92 Å². The van der Waals surface area contributed by atoms with Gasteiger partial charge in [0, 0.05) is 16.8 Å². The minimum atomic E-state index is -0.226. The quantitative estimate of drug-likeness (QED) is 0.718. The van der Waals surface area contributed by atoms with E-state index < -0.39 is 0 Å². The summed E-state index contributed by atoms with van der Waals surface area (Å²) in [6, 6.07) is 13.7. The molecule has 0 bridgehead atoms. The summed E-state index contributed by atoms with van der Waals surface area (Å²) in [5.41, 5.74) is 4.52. The molecular formula is C17H15N3O. The molecule has 0 spiro atoms. The van der Waals surface area contributed by atoms with E-state index in [0.717, 1.165) is 33.7 Å². The van der Waals surface area contributed by atoms with E-state index in [1.165, 1.54) is 6.08 Å². The van der Waals surface area contributed by atoms with Gasteiger partial charge in [0.25, 0.3) is 0 Å². The van der Waals surface area contributed by atoms with Crippen molar-refractivity contribution in [3.63, 3.8) is 0 Å². The minimum Gasteiger partial charge on any atom is -0.338 e. The Morgan fingerprint density at radius 3 is 2.71 bits per heavy atom. The lowest BCUT2D eigenvalue weighted by Gasteiger charge is -2.06. The number of carbonyl (C=O) groups is 1. The van der Waals surface area contributed by atoms with Crippen LogP contribution in [-0.2, 0) is 4.79 Å². The van der Waals surface area contributed by atoms with Crippen LogP contribution in [0.5, 0.6) is 0 Å². The van der Waals surface area contributed by atoms with Gasteiger partial charge in [-0.3, -0.25) is 4.79 Å². The lowest BCUT2D eigenvalue weighted by molar-refractivity contribution is -0.111. The molecule has 1 heterocycles. The van der Waals surface area contributed by atoms with Gasteiger partial charge in [0.1, 0.15) is 5.82 Å². The molecule has 104 valence electrons. The number of hydrogen-bond donors (Lipinski definition) is 2. The van der Waals surface area contributed by atoms with Gasteiger partial charge in [0.2, 0.25) is 5.91 Å². The molecule has 0 aliphatic heterocycles. The van der Waals surface area contributed by atoms with Crippen molar-refractivity contribution in [2.75, 3.05) is 5.32 Å². The van der Waals surface area contributed by atoms with Gasteiger partial charge in [-0.05, 0) is 25.1 Å². The van der Waals surface area contributed by atoms with E-state index in [1.54, 1.807) is 0 Å². The monoisotopic (exact) mass is 277 g/mol. The number of aromatic amines is 1. The summed E-state index contributed by atoms with van der Waals surface area (Å²) in [5.74, 6) is 0.595. The highest BCUT2D eigenvalue weighted by Crippen LogP contribution is 2.27. The molecule has 0 atom stereocenters. The number of amides is 1. The normalized spacial score (nSPS) is 10.5. The highest BCUT2D eigenvalue weighted by atomic mass is 16.1. The van der Waals surface area contributed by atoms with Gasteiger partial charge in [-0.2, -0.15) is 0 Å². The van der Waals surface area contributed by atoms with Crippen LogP contribution in [0.2, 0.25) is 0 Å². The molecule has 1 aromatic heterocycles.